The van der Waals surface area contributed by atoms with E-state index in [1.165, 1.54) is 18.2 Å². The highest BCUT2D eigenvalue weighted by Crippen LogP contribution is 2.27. The number of hydrogen-bond acceptors (Lipinski definition) is 3. The quantitative estimate of drug-likeness (QED) is 0.705. The van der Waals surface area contributed by atoms with Gasteiger partial charge in [-0.3, -0.25) is 9.78 Å². The Kier molecular flexibility index (Phi) is 6.81. The van der Waals surface area contributed by atoms with Gasteiger partial charge in [0.2, 0.25) is 0 Å². The number of nitrogens with one attached hydrogen (secondary N) is 1. The van der Waals surface area contributed by atoms with E-state index in [4.69, 9.17) is 12.2 Å². The smallest absolute Gasteiger partial charge is 0.270 e. The van der Waals surface area contributed by atoms with Crippen molar-refractivity contribution in [2.45, 2.75) is 52.0 Å². The van der Waals surface area contributed by atoms with Gasteiger partial charge < -0.3 is 10.2 Å². The minimum Gasteiger partial charge on any atom is -0.364 e. The summed E-state index contributed by atoms with van der Waals surface area (Å²) in [6.07, 6.45) is 2.32. The van der Waals surface area contributed by atoms with E-state index in [0.29, 0.717) is 13.0 Å². The van der Waals surface area contributed by atoms with Crippen molar-refractivity contribution in [2.24, 2.45) is 0 Å². The molecular weight excluding hydrogens is 404 g/mol. The Morgan fingerprint density at radius 2 is 2.07 bits per heavy atom. The minimum atomic E-state index is -2.98. The fraction of sp³-hybridized carbons (Fsp3) is 0.435. The first kappa shape index (κ1) is 22.3. The Bertz CT molecular complexity index is 922. The zero-order valence-electron chi connectivity index (χ0n) is 17.5. The molecule has 1 atom stereocenters. The first-order chi connectivity index (χ1) is 14.1. The van der Waals surface area contributed by atoms with Crippen LogP contribution < -0.4 is 5.32 Å². The molecule has 2 heterocycles. The summed E-state index contributed by atoms with van der Waals surface area (Å²) in [5.41, 5.74) is 3.15. The number of carbonyl (C=O) groups excluding carboxylic acids is 1. The number of nitrogens with zero attached hydrogens (tertiary/aromatic N) is 2. The molecule has 1 N–H and O–H groups in total. The average molecular weight is 432 g/mol. The lowest BCUT2D eigenvalue weighted by Crippen LogP contribution is -2.49. The molecule has 1 aromatic heterocycles. The molecule has 3 rings (SSSR count). The fourth-order valence-electron chi connectivity index (χ4n) is 3.81. The summed E-state index contributed by atoms with van der Waals surface area (Å²) < 4.78 is 27.1. The van der Waals surface area contributed by atoms with E-state index in [1.54, 1.807) is 6.07 Å². The topological polar surface area (TPSA) is 45.2 Å². The molecule has 0 aliphatic carbocycles. The number of rotatable bonds is 5. The molecular formula is C23H27F2N3OS. The maximum absolute atomic E-state index is 13.6. The molecule has 1 amide bonds. The normalized spacial score (nSPS) is 17.0. The predicted octanol–water partition coefficient (Wildman–Crippen LogP) is 4.57. The Labute approximate surface area is 181 Å². The summed E-state index contributed by atoms with van der Waals surface area (Å²) in [5, 5.41) is 2.98. The first-order valence-corrected chi connectivity index (χ1v) is 10.5. The van der Waals surface area contributed by atoms with Crippen LogP contribution in [-0.4, -0.2) is 39.9 Å². The van der Waals surface area contributed by atoms with Gasteiger partial charge >= 0.3 is 0 Å². The monoisotopic (exact) mass is 431 g/mol. The summed E-state index contributed by atoms with van der Waals surface area (Å²) in [4.78, 5) is 20.1. The lowest BCUT2D eigenvalue weighted by Gasteiger charge is -2.35. The van der Waals surface area contributed by atoms with Gasteiger partial charge in [-0.05, 0) is 56.5 Å². The first-order valence-electron chi connectivity index (χ1n) is 10.1. The van der Waals surface area contributed by atoms with Crippen LogP contribution in [-0.2, 0) is 12.3 Å². The van der Waals surface area contributed by atoms with Crippen molar-refractivity contribution in [3.8, 4) is 0 Å². The molecule has 1 fully saturated rings. The van der Waals surface area contributed by atoms with E-state index in [2.05, 4.69) is 15.2 Å². The number of aryl methyl sites for hydroxylation is 2. The van der Waals surface area contributed by atoms with E-state index >= 15 is 0 Å². The van der Waals surface area contributed by atoms with E-state index in [0.717, 1.165) is 48.2 Å². The lowest BCUT2D eigenvalue weighted by atomic mass is 10.0. The van der Waals surface area contributed by atoms with E-state index in [1.807, 2.05) is 26.0 Å². The highest BCUT2D eigenvalue weighted by molar-refractivity contribution is 7.80. The molecule has 1 aliphatic rings. The third kappa shape index (κ3) is 5.81. The summed E-state index contributed by atoms with van der Waals surface area (Å²) in [6, 6.07) is 9.62. The van der Waals surface area contributed by atoms with Crippen LogP contribution >= 0.6 is 12.2 Å². The maximum atomic E-state index is 13.6. The van der Waals surface area contributed by atoms with E-state index in [-0.39, 0.29) is 23.1 Å². The molecule has 0 saturated carbocycles. The molecule has 7 heteroatoms. The Balaban J connectivity index is 1.62. The number of benzene rings is 1. The Morgan fingerprint density at radius 3 is 2.77 bits per heavy atom. The molecule has 1 saturated heterocycles. The molecule has 4 nitrogen and oxygen atoms in total. The molecule has 1 unspecified atom stereocenters. The number of thiocarbonyl (C=S) groups is 1. The zero-order chi connectivity index (χ0) is 21.9. The molecule has 0 bridgehead atoms. The van der Waals surface area contributed by atoms with Crippen LogP contribution in [0.5, 0.6) is 0 Å². The van der Waals surface area contributed by atoms with Crippen molar-refractivity contribution < 1.29 is 13.6 Å². The maximum Gasteiger partial charge on any atom is 0.270 e. The number of likely N-dealkylation sites (tertiary alicyclic amines) is 1. The fourth-order valence-corrected chi connectivity index (χ4v) is 4.12. The summed E-state index contributed by atoms with van der Waals surface area (Å²) >= 11 is 5.65. The van der Waals surface area contributed by atoms with Crippen LogP contribution in [0.2, 0.25) is 0 Å². The van der Waals surface area contributed by atoms with Crippen molar-refractivity contribution in [3.05, 3.63) is 64.5 Å². The average Bonchev–Trinajstić information content (AvgIpc) is 2.67. The number of hydrogen-bond donors (Lipinski definition) is 1. The van der Waals surface area contributed by atoms with Gasteiger partial charge in [-0.1, -0.05) is 24.4 Å². The number of piperidine rings is 1. The SMILES string of the molecule is Cc1cc(C)nc(CC(=S)N2CCCC(NC(=O)c3cccc(C(C)(F)F)c3)C2)c1. The van der Waals surface area contributed by atoms with Gasteiger partial charge in [0.1, 0.15) is 0 Å². The van der Waals surface area contributed by atoms with Crippen LogP contribution in [0, 0.1) is 13.8 Å². The van der Waals surface area contributed by atoms with Crippen LogP contribution in [0.4, 0.5) is 8.78 Å². The van der Waals surface area contributed by atoms with Gasteiger partial charge in [0.05, 0.1) is 4.99 Å². The van der Waals surface area contributed by atoms with Gasteiger partial charge in [-0.25, -0.2) is 8.78 Å². The predicted molar refractivity (Wildman–Crippen MR) is 118 cm³/mol. The van der Waals surface area contributed by atoms with Crippen LogP contribution in [0.3, 0.4) is 0 Å². The third-order valence-corrected chi connectivity index (χ3v) is 5.63. The molecule has 1 aromatic carbocycles. The van der Waals surface area contributed by atoms with Crippen LogP contribution in [0.15, 0.2) is 36.4 Å². The van der Waals surface area contributed by atoms with E-state index < -0.39 is 5.92 Å². The Morgan fingerprint density at radius 1 is 1.30 bits per heavy atom. The highest BCUT2D eigenvalue weighted by atomic mass is 32.1. The van der Waals surface area contributed by atoms with E-state index in [9.17, 15) is 13.6 Å². The van der Waals surface area contributed by atoms with Gasteiger partial charge in [-0.2, -0.15) is 0 Å². The molecule has 0 spiro atoms. The Hall–Kier alpha value is -2.41. The van der Waals surface area contributed by atoms with Crippen molar-refractivity contribution >= 4 is 23.1 Å². The second kappa shape index (κ2) is 9.16. The summed E-state index contributed by atoms with van der Waals surface area (Å²) in [7, 11) is 0. The number of alkyl halides is 2. The van der Waals surface area contributed by atoms with Crippen molar-refractivity contribution in [1.82, 2.24) is 15.2 Å². The van der Waals surface area contributed by atoms with Crippen molar-refractivity contribution in [3.63, 3.8) is 0 Å². The molecule has 30 heavy (non-hydrogen) atoms. The van der Waals surface area contributed by atoms with Gasteiger partial charge in [-0.15, -0.1) is 0 Å². The largest absolute Gasteiger partial charge is 0.364 e. The summed E-state index contributed by atoms with van der Waals surface area (Å²) in [6.45, 7) is 6.29. The molecule has 0 radical (unpaired) electrons. The number of pyridine rings is 1. The second-order valence-corrected chi connectivity index (χ2v) is 8.55. The number of carbonyl (C=O) groups is 1. The molecule has 160 valence electrons. The van der Waals surface area contributed by atoms with Crippen molar-refractivity contribution in [2.75, 3.05) is 13.1 Å². The van der Waals surface area contributed by atoms with Gasteiger partial charge in [0, 0.05) is 55.0 Å². The summed E-state index contributed by atoms with van der Waals surface area (Å²) in [5.74, 6) is -3.32. The van der Waals surface area contributed by atoms with Gasteiger partial charge in [0.25, 0.3) is 11.8 Å². The van der Waals surface area contributed by atoms with Crippen LogP contribution in [0.25, 0.3) is 0 Å². The molecule has 1 aliphatic heterocycles. The minimum absolute atomic E-state index is 0.0813. The third-order valence-electron chi connectivity index (χ3n) is 5.22. The number of aromatic nitrogens is 1. The number of halogens is 2. The van der Waals surface area contributed by atoms with Gasteiger partial charge in [0.15, 0.2) is 0 Å². The lowest BCUT2D eigenvalue weighted by molar-refractivity contribution is 0.0174. The zero-order valence-corrected chi connectivity index (χ0v) is 18.4. The highest BCUT2D eigenvalue weighted by Gasteiger charge is 2.27. The second-order valence-electron chi connectivity index (χ2n) is 8.08. The van der Waals surface area contributed by atoms with Crippen LogP contribution in [0.1, 0.15) is 52.6 Å². The standard InChI is InChI=1S/C23H27F2N3OS/c1-15-10-16(2)26-20(11-15)13-21(30)28-9-5-8-19(14-28)27-22(29)17-6-4-7-18(12-17)23(3,24)25/h4,6-7,10-12,19H,5,8-9,13-14H2,1-3H3,(H,27,29). The van der Waals surface area contributed by atoms with Crippen molar-refractivity contribution in [1.29, 1.82) is 0 Å². The number of amides is 1. The molecule has 2 aromatic rings.